The maximum absolute atomic E-state index is 12.8. The molecule has 2 N–H and O–H groups in total. The van der Waals surface area contributed by atoms with E-state index in [1.807, 2.05) is 23.6 Å². The third kappa shape index (κ3) is 2.95. The molecule has 0 aliphatic heterocycles. The monoisotopic (exact) mass is 330 g/mol. The number of carbonyl (C=O) groups is 1. The van der Waals surface area contributed by atoms with Gasteiger partial charge < -0.3 is 9.88 Å². The van der Waals surface area contributed by atoms with Gasteiger partial charge in [0.1, 0.15) is 5.82 Å². The fourth-order valence-electron chi connectivity index (χ4n) is 3.42. The normalized spacial score (nSPS) is 20.1. The van der Waals surface area contributed by atoms with Gasteiger partial charge in [-0.3, -0.25) is 9.89 Å². The van der Waals surface area contributed by atoms with E-state index in [1.165, 1.54) is 11.1 Å². The Bertz CT molecular complexity index is 779. The molecule has 122 valence electrons. The van der Waals surface area contributed by atoms with E-state index in [1.54, 1.807) is 0 Å². The molecule has 1 aliphatic carbocycles. The van der Waals surface area contributed by atoms with Crippen LogP contribution < -0.4 is 5.32 Å². The molecule has 1 aliphatic rings. The summed E-state index contributed by atoms with van der Waals surface area (Å²) in [6.45, 7) is 5.12. The Kier molecular flexibility index (Phi) is 4.35. The Morgan fingerprint density at radius 3 is 3.00 bits per heavy atom. The second kappa shape index (κ2) is 6.28. The highest BCUT2D eigenvalue weighted by Crippen LogP contribution is 2.37. The summed E-state index contributed by atoms with van der Waals surface area (Å²) in [7, 11) is 0. The number of H-pyrrole nitrogens is 1. The maximum atomic E-state index is 12.8. The van der Waals surface area contributed by atoms with Gasteiger partial charge in [-0.1, -0.05) is 24.3 Å². The van der Waals surface area contributed by atoms with Crippen molar-refractivity contribution in [2.45, 2.75) is 45.1 Å². The zero-order valence-electron chi connectivity index (χ0n) is 13.6. The van der Waals surface area contributed by atoms with Gasteiger partial charge in [-0.25, -0.2) is 0 Å². The lowest BCUT2D eigenvalue weighted by Crippen LogP contribution is -2.45. The van der Waals surface area contributed by atoms with Crippen molar-refractivity contribution in [2.24, 2.45) is 0 Å². The Labute approximate surface area is 141 Å². The molecule has 1 atom stereocenters. The van der Waals surface area contributed by atoms with E-state index >= 15 is 0 Å². The Morgan fingerprint density at radius 1 is 1.48 bits per heavy atom. The predicted octanol–water partition coefficient (Wildman–Crippen LogP) is 2.66. The quantitative estimate of drug-likeness (QED) is 0.847. The van der Waals surface area contributed by atoms with Gasteiger partial charge in [0.05, 0.1) is 5.41 Å². The number of benzene rings is 1. The van der Waals surface area contributed by atoms with Crippen molar-refractivity contribution in [1.82, 2.24) is 20.1 Å². The topological polar surface area (TPSA) is 62.7 Å². The van der Waals surface area contributed by atoms with E-state index in [2.05, 4.69) is 34.6 Å². The molecule has 1 aromatic heterocycles. The van der Waals surface area contributed by atoms with Crippen LogP contribution in [0.2, 0.25) is 0 Å². The van der Waals surface area contributed by atoms with Crippen LogP contribution in [-0.4, -0.2) is 27.2 Å². The Hall–Kier alpha value is -1.95. The molecule has 0 spiro atoms. The van der Waals surface area contributed by atoms with Crippen LogP contribution in [0.4, 0.5) is 0 Å². The summed E-state index contributed by atoms with van der Waals surface area (Å²) < 4.78 is 2.48. The van der Waals surface area contributed by atoms with E-state index < -0.39 is 5.41 Å². The lowest BCUT2D eigenvalue weighted by Gasteiger charge is -2.34. The van der Waals surface area contributed by atoms with Crippen molar-refractivity contribution in [3.63, 3.8) is 0 Å². The first kappa shape index (κ1) is 15.9. The van der Waals surface area contributed by atoms with Crippen LogP contribution in [0.25, 0.3) is 0 Å². The number of amides is 1. The number of aromatic amines is 1. The van der Waals surface area contributed by atoms with Gasteiger partial charge in [0.2, 0.25) is 5.91 Å². The summed E-state index contributed by atoms with van der Waals surface area (Å²) in [4.78, 5) is 12.8. The fraction of sp³-hybridized carbons (Fsp3) is 0.471. The van der Waals surface area contributed by atoms with Crippen LogP contribution in [0.3, 0.4) is 0 Å². The molecule has 0 saturated carbocycles. The summed E-state index contributed by atoms with van der Waals surface area (Å²) in [5.74, 6) is 0.927. The van der Waals surface area contributed by atoms with E-state index in [4.69, 9.17) is 12.2 Å². The molecule has 5 nitrogen and oxygen atoms in total. The van der Waals surface area contributed by atoms with Gasteiger partial charge in [0.25, 0.3) is 0 Å². The maximum Gasteiger partial charge on any atom is 0.230 e. The molecule has 23 heavy (non-hydrogen) atoms. The summed E-state index contributed by atoms with van der Waals surface area (Å²) in [6, 6.07) is 8.29. The van der Waals surface area contributed by atoms with Crippen molar-refractivity contribution < 1.29 is 4.79 Å². The molecule has 1 heterocycles. The van der Waals surface area contributed by atoms with Gasteiger partial charge in [-0.15, -0.1) is 0 Å². The van der Waals surface area contributed by atoms with Crippen molar-refractivity contribution in [2.75, 3.05) is 6.54 Å². The van der Waals surface area contributed by atoms with Gasteiger partial charge in [0.15, 0.2) is 4.77 Å². The highest BCUT2D eigenvalue weighted by Gasteiger charge is 2.38. The molecular formula is C17H22N4OS. The molecule has 1 aromatic carbocycles. The summed E-state index contributed by atoms with van der Waals surface area (Å²) in [5.41, 5.74) is 2.02. The lowest BCUT2D eigenvalue weighted by molar-refractivity contribution is -0.126. The average Bonchev–Trinajstić information content (AvgIpc) is 2.87. The molecule has 0 saturated heterocycles. The summed E-state index contributed by atoms with van der Waals surface area (Å²) >= 11 is 5.18. The van der Waals surface area contributed by atoms with Gasteiger partial charge in [-0.05, 0) is 56.5 Å². The van der Waals surface area contributed by atoms with Crippen molar-refractivity contribution in [3.8, 4) is 0 Å². The van der Waals surface area contributed by atoms with Gasteiger partial charge in [-0.2, -0.15) is 5.10 Å². The number of carbonyl (C=O) groups excluding carboxylic acids is 1. The summed E-state index contributed by atoms with van der Waals surface area (Å²) in [6.07, 6.45) is 3.00. The second-order valence-corrected chi connectivity index (χ2v) is 6.71. The third-order valence-electron chi connectivity index (χ3n) is 4.81. The zero-order valence-corrected chi connectivity index (χ0v) is 14.4. The minimum Gasteiger partial charge on any atom is -0.354 e. The second-order valence-electron chi connectivity index (χ2n) is 6.33. The first-order valence-electron chi connectivity index (χ1n) is 8.01. The number of nitrogens with one attached hydrogen (secondary N) is 2. The van der Waals surface area contributed by atoms with E-state index in [0.29, 0.717) is 17.9 Å². The number of fused-ring (bicyclic) bond motifs is 1. The van der Waals surface area contributed by atoms with Crippen LogP contribution in [0, 0.1) is 11.7 Å². The van der Waals surface area contributed by atoms with Crippen LogP contribution in [0.5, 0.6) is 0 Å². The average molecular weight is 330 g/mol. The molecule has 3 rings (SSSR count). The van der Waals surface area contributed by atoms with Gasteiger partial charge in [0, 0.05) is 13.1 Å². The van der Waals surface area contributed by atoms with E-state index in [-0.39, 0.29) is 5.91 Å². The SMILES string of the molecule is Cc1n[nH]c(=S)n1CCNC(=O)[C@]1(C)CCCc2ccccc21. The third-order valence-corrected chi connectivity index (χ3v) is 5.12. The molecule has 6 heteroatoms. The number of hydrogen-bond acceptors (Lipinski definition) is 3. The first-order chi connectivity index (χ1) is 11.0. The highest BCUT2D eigenvalue weighted by atomic mass is 32.1. The summed E-state index contributed by atoms with van der Waals surface area (Å²) in [5, 5.41) is 9.92. The Balaban J connectivity index is 1.70. The largest absolute Gasteiger partial charge is 0.354 e. The van der Waals surface area contributed by atoms with E-state index in [0.717, 1.165) is 25.1 Å². The number of rotatable bonds is 4. The van der Waals surface area contributed by atoms with Crippen LogP contribution in [0.1, 0.15) is 36.7 Å². The molecule has 2 aromatic rings. The number of nitrogens with zero attached hydrogens (tertiary/aromatic N) is 2. The molecule has 0 fully saturated rings. The number of aryl methyl sites for hydroxylation is 2. The highest BCUT2D eigenvalue weighted by molar-refractivity contribution is 7.71. The molecule has 0 bridgehead atoms. The van der Waals surface area contributed by atoms with E-state index in [9.17, 15) is 4.79 Å². The van der Waals surface area contributed by atoms with Crippen LogP contribution >= 0.6 is 12.2 Å². The number of hydrogen-bond donors (Lipinski definition) is 2. The Morgan fingerprint density at radius 2 is 2.26 bits per heavy atom. The molecule has 1 amide bonds. The van der Waals surface area contributed by atoms with Gasteiger partial charge >= 0.3 is 0 Å². The lowest BCUT2D eigenvalue weighted by atomic mass is 9.70. The van der Waals surface area contributed by atoms with Crippen molar-refractivity contribution in [1.29, 1.82) is 0 Å². The van der Waals surface area contributed by atoms with Crippen molar-refractivity contribution >= 4 is 18.1 Å². The molecular weight excluding hydrogens is 308 g/mol. The van der Waals surface area contributed by atoms with Crippen LogP contribution in [0.15, 0.2) is 24.3 Å². The first-order valence-corrected chi connectivity index (χ1v) is 8.42. The van der Waals surface area contributed by atoms with Crippen LogP contribution in [-0.2, 0) is 23.2 Å². The zero-order chi connectivity index (χ0) is 16.4. The fourth-order valence-corrected chi connectivity index (χ4v) is 3.68. The minimum atomic E-state index is -0.443. The molecule has 0 radical (unpaired) electrons. The standard InChI is InChI=1S/C17H22N4OS/c1-12-19-20-16(23)21(12)11-10-18-15(22)17(2)9-5-7-13-6-3-4-8-14(13)17/h3-4,6,8H,5,7,9-11H2,1-2H3,(H,18,22)(H,20,23)/t17-/m1/s1. The predicted molar refractivity (Wildman–Crippen MR) is 91.9 cm³/mol. The smallest absolute Gasteiger partial charge is 0.230 e. The number of aromatic nitrogens is 3. The molecule has 0 unspecified atom stereocenters. The van der Waals surface area contributed by atoms with Crippen molar-refractivity contribution in [3.05, 3.63) is 46.0 Å². The minimum absolute atomic E-state index is 0.0947.